The van der Waals surface area contributed by atoms with Gasteiger partial charge in [0, 0.05) is 31.6 Å². The van der Waals surface area contributed by atoms with E-state index in [1.807, 2.05) is 13.8 Å². The predicted octanol–water partition coefficient (Wildman–Crippen LogP) is -2.39. The summed E-state index contributed by atoms with van der Waals surface area (Å²) >= 11 is 0. The highest BCUT2D eigenvalue weighted by Gasteiger charge is 2.37. The SMILES string of the molecule is COc1ccc2cc1C(=O)NNC(=O)[C@@H](N)CCCNC(=O)[C@H](Cc1ccc(O)cc1)NC(=O)[C@H](C(C)C)NC(=O)[C@H](C(C)C)NC(=O)[C@H](CCC(N)=O)NC(=O)[C@H](C(C)C)NC(=O)[C@@H](N)CCCNC(=O)[C@H](CC(C)C)NC(=O)[C@H](CCCCN)NC(=O)C(=O)N2. The van der Waals surface area contributed by atoms with E-state index >= 15 is 0 Å². The van der Waals surface area contributed by atoms with E-state index in [0.29, 0.717) is 18.4 Å². The summed E-state index contributed by atoms with van der Waals surface area (Å²) < 4.78 is 5.33. The monoisotopic (exact) mass is 1290 g/mol. The second-order valence-corrected chi connectivity index (χ2v) is 24.1. The van der Waals surface area contributed by atoms with Crippen molar-refractivity contribution in [2.75, 3.05) is 32.1 Å². The first-order chi connectivity index (χ1) is 43.4. The molecular formula is C61H96N16O15. The van der Waals surface area contributed by atoms with Crippen molar-refractivity contribution in [2.24, 2.45) is 46.6 Å². The molecule has 1 aliphatic rings. The van der Waals surface area contributed by atoms with E-state index in [0.717, 1.165) is 6.07 Å². The number of phenols is 1. The lowest BCUT2D eigenvalue weighted by Gasteiger charge is -2.30. The maximum absolute atomic E-state index is 14.2. The molecule has 31 heteroatoms. The largest absolute Gasteiger partial charge is 0.508 e. The van der Waals surface area contributed by atoms with Gasteiger partial charge in [0.25, 0.3) is 11.8 Å². The first-order valence-corrected chi connectivity index (χ1v) is 30.9. The van der Waals surface area contributed by atoms with Gasteiger partial charge >= 0.3 is 11.8 Å². The molecule has 2 aromatic carbocycles. The summed E-state index contributed by atoms with van der Waals surface area (Å²) in [6.07, 6.45) is 0.343. The molecule has 0 aliphatic carbocycles. The van der Waals surface area contributed by atoms with Crippen LogP contribution in [0.5, 0.6) is 11.5 Å². The Labute approximate surface area is 535 Å². The second kappa shape index (κ2) is 38.7. The number of carbonyl (C=O) groups is 13. The molecule has 3 rings (SSSR count). The molecule has 1 heterocycles. The van der Waals surface area contributed by atoms with E-state index in [2.05, 4.69) is 64.0 Å². The van der Waals surface area contributed by atoms with Gasteiger partial charge in [-0.2, -0.15) is 0 Å². The van der Waals surface area contributed by atoms with Crippen molar-refractivity contribution in [2.45, 2.75) is 180 Å². The molecular weight excluding hydrogens is 1200 g/mol. The number of fused-ring (bicyclic) bond motifs is 2. The summed E-state index contributed by atoms with van der Waals surface area (Å²) in [5, 5.41) is 36.1. The Balaban J connectivity index is 2.01. The third-order valence-corrected chi connectivity index (χ3v) is 14.8. The lowest BCUT2D eigenvalue weighted by Crippen LogP contribution is -2.61. The molecule has 9 atom stereocenters. The molecule has 0 radical (unpaired) electrons. The van der Waals surface area contributed by atoms with Crippen molar-refractivity contribution < 1.29 is 72.2 Å². The van der Waals surface area contributed by atoms with E-state index in [1.165, 1.54) is 43.5 Å². The van der Waals surface area contributed by atoms with Crippen LogP contribution in [0.1, 0.15) is 136 Å². The molecule has 31 nitrogen and oxygen atoms in total. The number of anilines is 1. The number of methoxy groups -OCH3 is 1. The van der Waals surface area contributed by atoms with Gasteiger partial charge in [0.2, 0.25) is 53.2 Å². The Morgan fingerprint density at radius 1 is 0.543 bits per heavy atom. The molecule has 0 aromatic heterocycles. The maximum Gasteiger partial charge on any atom is 0.313 e. The molecule has 510 valence electrons. The number of carbonyl (C=O) groups excluding carboxylic acids is 13. The zero-order valence-electron chi connectivity index (χ0n) is 53.9. The fourth-order valence-corrected chi connectivity index (χ4v) is 9.48. The van der Waals surface area contributed by atoms with Gasteiger partial charge in [-0.05, 0) is 124 Å². The summed E-state index contributed by atoms with van der Waals surface area (Å²) in [4.78, 5) is 177. The second-order valence-electron chi connectivity index (χ2n) is 24.1. The first-order valence-electron chi connectivity index (χ1n) is 30.9. The number of primary amides is 1. The summed E-state index contributed by atoms with van der Waals surface area (Å²) in [6, 6.07) is -1.98. The highest BCUT2D eigenvalue weighted by molar-refractivity contribution is 6.40. The van der Waals surface area contributed by atoms with Crippen molar-refractivity contribution >= 4 is 82.5 Å². The molecule has 2 bridgehead atoms. The number of hydrazine groups is 1. The average Bonchev–Trinajstić information content (AvgIpc) is 1.01. The normalized spacial score (nSPS) is 23.7. The molecule has 92 heavy (non-hydrogen) atoms. The minimum absolute atomic E-state index is 0.00670. The number of unbranched alkanes of at least 4 members (excludes halogenated alkanes) is 1. The van der Waals surface area contributed by atoms with Gasteiger partial charge in [-0.15, -0.1) is 0 Å². The third-order valence-electron chi connectivity index (χ3n) is 14.8. The Hall–Kier alpha value is -8.97. The van der Waals surface area contributed by atoms with Crippen molar-refractivity contribution in [3.8, 4) is 11.5 Å². The van der Waals surface area contributed by atoms with Crippen LogP contribution in [0.4, 0.5) is 5.69 Å². The van der Waals surface area contributed by atoms with Crippen LogP contribution in [-0.2, 0) is 64.0 Å². The van der Waals surface area contributed by atoms with Gasteiger partial charge < -0.3 is 85.9 Å². The van der Waals surface area contributed by atoms with E-state index in [9.17, 15) is 67.4 Å². The topological polar surface area (TPSA) is 500 Å². The number of phenolic OH excluding ortho intramolecular Hbond substituents is 1. The van der Waals surface area contributed by atoms with Gasteiger partial charge in [-0.3, -0.25) is 73.2 Å². The number of rotatable bonds is 15. The highest BCUT2D eigenvalue weighted by atomic mass is 16.5. The number of aromatic hydroxyl groups is 1. The number of amides is 13. The molecule has 2 aromatic rings. The van der Waals surface area contributed by atoms with E-state index < -0.39 is 149 Å². The molecule has 21 N–H and O–H groups in total. The number of hydrogen-bond acceptors (Lipinski definition) is 18. The standard InChI is InChI=1S/C61H96N16O15/c1-31(2)28-43-53(83)66-26-12-14-39(63)51(81)73-47(32(3)4)57(87)69-42(22-24-46(65)79)56(86)74-49(34(7)8)59(89)75-48(33(5)6)58(88)72-44(29-35-17-20-37(78)21-18-35)54(84)67-27-13-15-40(64)52(82)77-76-50(80)38-30-36(19-23-45(38)92-9)68-60(90)61(91)70-41(55(85)71-43)16-10-11-25-62/h17-21,23,30-34,39-44,47-49,78H,10-16,22,24-29,62-64H2,1-9H3,(H2,65,79)(H,66,83)(H,67,84)(H,68,90)(H,69,87)(H,70,91)(H,71,85)(H,72,88)(H,73,81)(H,74,86)(H,75,89)(H,76,80)(H,77,82)/t39-,40-,41-,42-,43-,44-,47-,48-,49-/m0/s1. The van der Waals surface area contributed by atoms with Gasteiger partial charge in [0.1, 0.15) is 53.8 Å². The van der Waals surface area contributed by atoms with Crippen LogP contribution >= 0.6 is 0 Å². The number of nitrogens with two attached hydrogens (primary N) is 4. The number of hydrogen-bond donors (Lipinski definition) is 17. The molecule has 0 fully saturated rings. The van der Waals surface area contributed by atoms with Gasteiger partial charge in [0.15, 0.2) is 0 Å². The number of nitrogens with one attached hydrogen (secondary N) is 12. The Kier molecular flexibility index (Phi) is 32.5. The van der Waals surface area contributed by atoms with Crippen LogP contribution in [0, 0.1) is 23.7 Å². The Morgan fingerprint density at radius 3 is 1.57 bits per heavy atom. The smallest absolute Gasteiger partial charge is 0.313 e. The summed E-state index contributed by atoms with van der Waals surface area (Å²) in [5.41, 5.74) is 28.3. The van der Waals surface area contributed by atoms with Crippen LogP contribution in [0.3, 0.4) is 0 Å². The van der Waals surface area contributed by atoms with Crippen molar-refractivity contribution in [3.63, 3.8) is 0 Å². The van der Waals surface area contributed by atoms with E-state index in [1.54, 1.807) is 41.5 Å². The Bertz CT molecular complexity index is 2890. The highest BCUT2D eigenvalue weighted by Crippen LogP contribution is 2.23. The van der Waals surface area contributed by atoms with Crippen molar-refractivity contribution in [3.05, 3.63) is 53.6 Å². The average molecular weight is 1290 g/mol. The lowest BCUT2D eigenvalue weighted by molar-refractivity contribution is -0.138. The molecule has 0 saturated carbocycles. The third kappa shape index (κ3) is 26.1. The van der Waals surface area contributed by atoms with E-state index in [-0.39, 0.29) is 106 Å². The maximum atomic E-state index is 14.2. The van der Waals surface area contributed by atoms with Gasteiger partial charge in [-0.25, -0.2) is 0 Å². The summed E-state index contributed by atoms with van der Waals surface area (Å²) in [7, 11) is 1.26. The first kappa shape index (κ1) is 77.3. The minimum Gasteiger partial charge on any atom is -0.508 e. The van der Waals surface area contributed by atoms with Crippen LogP contribution < -0.4 is 91.7 Å². The fourth-order valence-electron chi connectivity index (χ4n) is 9.48. The van der Waals surface area contributed by atoms with Crippen molar-refractivity contribution in [1.82, 2.24) is 58.7 Å². The fraction of sp³-hybridized carbons (Fsp3) is 0.590. The predicted molar refractivity (Wildman–Crippen MR) is 338 cm³/mol. The zero-order chi connectivity index (χ0) is 68.9. The Morgan fingerprint density at radius 2 is 1.03 bits per heavy atom. The quantitative estimate of drug-likeness (QED) is 0.0653. The van der Waals surface area contributed by atoms with Gasteiger partial charge in [-0.1, -0.05) is 67.5 Å². The van der Waals surface area contributed by atoms with Crippen LogP contribution in [0.15, 0.2) is 42.5 Å². The van der Waals surface area contributed by atoms with Crippen LogP contribution in [0.25, 0.3) is 0 Å². The molecule has 0 saturated heterocycles. The minimum atomic E-state index is -1.49. The molecule has 1 aliphatic heterocycles. The number of benzene rings is 2. The molecule has 0 spiro atoms. The lowest BCUT2D eigenvalue weighted by atomic mass is 9.98. The van der Waals surface area contributed by atoms with Crippen molar-refractivity contribution in [1.29, 1.82) is 0 Å². The zero-order valence-corrected chi connectivity index (χ0v) is 53.9. The summed E-state index contributed by atoms with van der Waals surface area (Å²) in [6.45, 7) is 13.5. The van der Waals surface area contributed by atoms with Crippen LogP contribution in [0.2, 0.25) is 0 Å². The van der Waals surface area contributed by atoms with Gasteiger partial charge in [0.05, 0.1) is 24.8 Å². The molecule has 13 amide bonds. The summed E-state index contributed by atoms with van der Waals surface area (Å²) in [5.74, 6) is -13.3. The van der Waals surface area contributed by atoms with E-state index in [4.69, 9.17) is 27.7 Å². The van der Waals surface area contributed by atoms with Crippen LogP contribution in [-0.4, -0.2) is 163 Å². The molecule has 0 unspecified atom stereocenters. The number of ether oxygens (including phenoxy) is 1.